The van der Waals surface area contributed by atoms with Gasteiger partial charge in [0.1, 0.15) is 4.83 Å². The smallest absolute Gasteiger partial charge is 0.264 e. The molecule has 1 atom stereocenters. The number of nitrogens with zero attached hydrogens (tertiary/aromatic N) is 3. The molecule has 0 spiro atoms. The second kappa shape index (κ2) is 5.83. The van der Waals surface area contributed by atoms with Crippen LogP contribution < -0.4 is 5.56 Å². The Morgan fingerprint density at radius 3 is 2.95 bits per heavy atom. The molecular weight excluding hydrogens is 298 g/mol. The van der Waals surface area contributed by atoms with Gasteiger partial charge in [0.2, 0.25) is 0 Å². The Balaban J connectivity index is 2.06. The number of amides is 1. The van der Waals surface area contributed by atoms with E-state index < -0.39 is 0 Å². The fourth-order valence-electron chi connectivity index (χ4n) is 3.24. The third-order valence-electron chi connectivity index (χ3n) is 4.56. The minimum Gasteiger partial charge on any atom is -0.335 e. The minimum absolute atomic E-state index is 0.0640. The third kappa shape index (κ3) is 2.35. The quantitative estimate of drug-likeness (QED) is 0.855. The Bertz CT molecular complexity index is 778. The molecule has 1 amide bonds. The monoisotopic (exact) mass is 319 g/mol. The first kappa shape index (κ1) is 15.2. The lowest BCUT2D eigenvalue weighted by molar-refractivity contribution is 0.0612. The molecule has 118 valence electrons. The standard InChI is InChI=1S/C16H21N3O2S/c1-4-11-7-5-6-8-19(11)16(21)13-10(2)12-14(22-13)17-9-18(3)15(12)20/h9,11H,4-8H2,1-3H3. The molecule has 0 bridgehead atoms. The molecule has 1 unspecified atom stereocenters. The number of rotatable bonds is 2. The lowest BCUT2D eigenvalue weighted by Gasteiger charge is -2.35. The van der Waals surface area contributed by atoms with Gasteiger partial charge >= 0.3 is 0 Å². The van der Waals surface area contributed by atoms with Crippen molar-refractivity contribution in [2.75, 3.05) is 6.54 Å². The summed E-state index contributed by atoms with van der Waals surface area (Å²) in [5.41, 5.74) is 0.697. The molecule has 1 aliphatic heterocycles. The van der Waals surface area contributed by atoms with Crippen LogP contribution in [-0.4, -0.2) is 32.9 Å². The van der Waals surface area contributed by atoms with E-state index in [2.05, 4.69) is 11.9 Å². The van der Waals surface area contributed by atoms with Crippen LogP contribution in [0.2, 0.25) is 0 Å². The number of thiophene rings is 1. The zero-order chi connectivity index (χ0) is 15.9. The Morgan fingerprint density at radius 2 is 2.23 bits per heavy atom. The maximum Gasteiger partial charge on any atom is 0.264 e. The fourth-order valence-corrected chi connectivity index (χ4v) is 4.33. The molecule has 1 fully saturated rings. The first-order valence-corrected chi connectivity index (χ1v) is 8.62. The molecule has 5 nitrogen and oxygen atoms in total. The summed E-state index contributed by atoms with van der Waals surface area (Å²) < 4.78 is 1.46. The third-order valence-corrected chi connectivity index (χ3v) is 5.75. The van der Waals surface area contributed by atoms with Crippen molar-refractivity contribution in [1.29, 1.82) is 0 Å². The lowest BCUT2D eigenvalue weighted by atomic mass is 9.99. The zero-order valence-corrected chi connectivity index (χ0v) is 14.1. The number of carbonyl (C=O) groups is 1. The Labute approximate surface area is 133 Å². The summed E-state index contributed by atoms with van der Waals surface area (Å²) in [6.45, 7) is 4.81. The van der Waals surface area contributed by atoms with Crippen LogP contribution in [0.1, 0.15) is 47.8 Å². The normalized spacial score (nSPS) is 18.9. The summed E-state index contributed by atoms with van der Waals surface area (Å²) in [6.07, 6.45) is 5.83. The van der Waals surface area contributed by atoms with Gasteiger partial charge in [-0.3, -0.25) is 9.59 Å². The van der Waals surface area contributed by atoms with E-state index in [1.54, 1.807) is 7.05 Å². The van der Waals surface area contributed by atoms with E-state index in [4.69, 9.17) is 0 Å². The van der Waals surface area contributed by atoms with Gasteiger partial charge < -0.3 is 9.47 Å². The van der Waals surface area contributed by atoms with Gasteiger partial charge in [-0.2, -0.15) is 0 Å². The van der Waals surface area contributed by atoms with Crippen LogP contribution >= 0.6 is 11.3 Å². The van der Waals surface area contributed by atoms with Crippen molar-refractivity contribution in [2.24, 2.45) is 7.05 Å². The second-order valence-electron chi connectivity index (χ2n) is 5.95. The summed E-state index contributed by atoms with van der Waals surface area (Å²) >= 11 is 1.35. The largest absolute Gasteiger partial charge is 0.335 e. The number of aromatic nitrogens is 2. The molecule has 1 aliphatic rings. The molecule has 6 heteroatoms. The number of piperidine rings is 1. The molecule has 0 aliphatic carbocycles. The predicted molar refractivity (Wildman–Crippen MR) is 88.6 cm³/mol. The van der Waals surface area contributed by atoms with Gasteiger partial charge in [0, 0.05) is 19.6 Å². The van der Waals surface area contributed by atoms with Gasteiger partial charge in [0.25, 0.3) is 11.5 Å². The van der Waals surface area contributed by atoms with E-state index in [9.17, 15) is 9.59 Å². The van der Waals surface area contributed by atoms with Crippen LogP contribution in [0.5, 0.6) is 0 Å². The highest BCUT2D eigenvalue weighted by molar-refractivity contribution is 7.20. The number of hydrogen-bond acceptors (Lipinski definition) is 4. The second-order valence-corrected chi connectivity index (χ2v) is 6.95. The van der Waals surface area contributed by atoms with E-state index >= 15 is 0 Å². The number of fused-ring (bicyclic) bond motifs is 1. The highest BCUT2D eigenvalue weighted by Crippen LogP contribution is 2.30. The SMILES string of the molecule is CCC1CCCCN1C(=O)c1sc2ncn(C)c(=O)c2c1C. The number of hydrogen-bond donors (Lipinski definition) is 0. The average Bonchev–Trinajstić information content (AvgIpc) is 2.87. The lowest BCUT2D eigenvalue weighted by Crippen LogP contribution is -2.43. The van der Waals surface area contributed by atoms with Gasteiger partial charge in [0.15, 0.2) is 0 Å². The van der Waals surface area contributed by atoms with E-state index in [0.29, 0.717) is 21.1 Å². The molecule has 0 N–H and O–H groups in total. The number of aryl methyl sites for hydroxylation is 2. The van der Waals surface area contributed by atoms with Crippen LogP contribution in [-0.2, 0) is 7.05 Å². The Hall–Kier alpha value is -1.69. The molecule has 3 rings (SSSR count). The van der Waals surface area contributed by atoms with Crippen molar-refractivity contribution in [3.8, 4) is 0 Å². The van der Waals surface area contributed by atoms with Crippen LogP contribution in [0, 0.1) is 6.92 Å². The Kier molecular flexibility index (Phi) is 4.04. The minimum atomic E-state index is -0.0801. The van der Waals surface area contributed by atoms with E-state index in [1.807, 2.05) is 11.8 Å². The molecule has 2 aromatic heterocycles. The van der Waals surface area contributed by atoms with Crippen LogP contribution in [0.4, 0.5) is 0 Å². The van der Waals surface area contributed by atoms with E-state index in [-0.39, 0.29) is 11.5 Å². The Morgan fingerprint density at radius 1 is 1.45 bits per heavy atom. The van der Waals surface area contributed by atoms with Crippen molar-refractivity contribution in [3.63, 3.8) is 0 Å². The maximum atomic E-state index is 13.0. The van der Waals surface area contributed by atoms with Gasteiger partial charge in [-0.1, -0.05) is 6.92 Å². The average molecular weight is 319 g/mol. The summed E-state index contributed by atoms with van der Waals surface area (Å²) in [6, 6.07) is 0.321. The summed E-state index contributed by atoms with van der Waals surface area (Å²) in [5.74, 6) is 0.0640. The van der Waals surface area contributed by atoms with Crippen molar-refractivity contribution in [1.82, 2.24) is 14.5 Å². The molecular formula is C16H21N3O2S. The number of likely N-dealkylation sites (tertiary alicyclic amines) is 1. The maximum absolute atomic E-state index is 13.0. The van der Waals surface area contributed by atoms with Crippen molar-refractivity contribution < 1.29 is 4.79 Å². The zero-order valence-electron chi connectivity index (χ0n) is 13.3. The first-order valence-electron chi connectivity index (χ1n) is 7.80. The highest BCUT2D eigenvalue weighted by atomic mass is 32.1. The predicted octanol–water partition coefficient (Wildman–Crippen LogP) is 2.71. The molecule has 0 radical (unpaired) electrons. The summed E-state index contributed by atoms with van der Waals surface area (Å²) in [5, 5.41) is 0.586. The van der Waals surface area contributed by atoms with Crippen LogP contribution in [0.3, 0.4) is 0 Å². The molecule has 22 heavy (non-hydrogen) atoms. The van der Waals surface area contributed by atoms with Gasteiger partial charge in [0.05, 0.1) is 16.6 Å². The van der Waals surface area contributed by atoms with Crippen LogP contribution in [0.25, 0.3) is 10.2 Å². The first-order chi connectivity index (χ1) is 10.5. The molecule has 1 saturated heterocycles. The van der Waals surface area contributed by atoms with Gasteiger partial charge in [-0.15, -0.1) is 11.3 Å². The number of carbonyl (C=O) groups excluding carboxylic acids is 1. The van der Waals surface area contributed by atoms with Crippen molar-refractivity contribution >= 4 is 27.5 Å². The van der Waals surface area contributed by atoms with Crippen molar-refractivity contribution in [3.05, 3.63) is 27.1 Å². The van der Waals surface area contributed by atoms with Crippen LogP contribution in [0.15, 0.2) is 11.1 Å². The topological polar surface area (TPSA) is 55.2 Å². The van der Waals surface area contributed by atoms with Crippen molar-refractivity contribution in [2.45, 2.75) is 45.6 Å². The van der Waals surface area contributed by atoms with Gasteiger partial charge in [-0.05, 0) is 38.2 Å². The summed E-state index contributed by atoms with van der Waals surface area (Å²) in [7, 11) is 1.69. The molecule has 0 aromatic carbocycles. The van der Waals surface area contributed by atoms with E-state index in [1.165, 1.54) is 28.7 Å². The van der Waals surface area contributed by atoms with E-state index in [0.717, 1.165) is 31.4 Å². The summed E-state index contributed by atoms with van der Waals surface area (Å²) in [4.78, 5) is 32.9. The highest BCUT2D eigenvalue weighted by Gasteiger charge is 2.29. The molecule has 0 saturated carbocycles. The molecule has 2 aromatic rings. The fraction of sp³-hybridized carbons (Fsp3) is 0.562. The molecule has 3 heterocycles. The van der Waals surface area contributed by atoms with Gasteiger partial charge in [-0.25, -0.2) is 4.98 Å².